The molecule has 0 radical (unpaired) electrons. The summed E-state index contributed by atoms with van der Waals surface area (Å²) in [5, 5.41) is 2.69. The Morgan fingerprint density at radius 3 is 2.64 bits per heavy atom. The molecular weight excluding hydrogens is 140 g/mol. The van der Waals surface area contributed by atoms with Gasteiger partial charge in [-0.05, 0) is 13.8 Å². The predicted octanol–water partition coefficient (Wildman–Crippen LogP) is 0.340. The fraction of sp³-hybridized carbons (Fsp3) is 0.625. The van der Waals surface area contributed by atoms with Crippen molar-refractivity contribution < 1.29 is 4.79 Å². The van der Waals surface area contributed by atoms with Gasteiger partial charge in [-0.25, -0.2) is 0 Å². The Kier molecular flexibility index (Phi) is 2.29. The lowest BCUT2D eigenvalue weighted by Gasteiger charge is -2.30. The van der Waals surface area contributed by atoms with Crippen molar-refractivity contribution in [2.45, 2.75) is 19.9 Å². The molecule has 11 heavy (non-hydrogen) atoms. The monoisotopic (exact) mass is 154 g/mol. The van der Waals surface area contributed by atoms with Gasteiger partial charge in [-0.1, -0.05) is 6.58 Å². The van der Waals surface area contributed by atoms with Gasteiger partial charge < -0.3 is 5.32 Å². The van der Waals surface area contributed by atoms with Crippen LogP contribution in [0.2, 0.25) is 0 Å². The summed E-state index contributed by atoms with van der Waals surface area (Å²) in [4.78, 5) is 13.1. The summed E-state index contributed by atoms with van der Waals surface area (Å²) < 4.78 is 0. The van der Waals surface area contributed by atoms with Gasteiger partial charge in [0.2, 0.25) is 5.91 Å². The van der Waals surface area contributed by atoms with Crippen LogP contribution in [0.1, 0.15) is 13.8 Å². The van der Waals surface area contributed by atoms with E-state index in [0.29, 0.717) is 12.6 Å². The Morgan fingerprint density at radius 1 is 1.55 bits per heavy atom. The fourth-order valence-electron chi connectivity index (χ4n) is 1.13. The Balaban J connectivity index is 2.56. The molecule has 1 saturated heterocycles. The summed E-state index contributed by atoms with van der Waals surface area (Å²) in [6.07, 6.45) is 0. The summed E-state index contributed by atoms with van der Waals surface area (Å²) >= 11 is 0. The van der Waals surface area contributed by atoms with Crippen LogP contribution in [0.25, 0.3) is 0 Å². The molecule has 0 bridgehead atoms. The Labute approximate surface area is 67.1 Å². The van der Waals surface area contributed by atoms with Gasteiger partial charge in [0.15, 0.2) is 0 Å². The second kappa shape index (κ2) is 3.05. The number of carbonyl (C=O) groups is 1. The van der Waals surface area contributed by atoms with Crippen molar-refractivity contribution in [1.29, 1.82) is 0 Å². The summed E-state index contributed by atoms with van der Waals surface area (Å²) in [6.45, 7) is 9.15. The van der Waals surface area contributed by atoms with Gasteiger partial charge in [0.25, 0.3) is 0 Å². The van der Waals surface area contributed by atoms with Crippen molar-refractivity contribution in [3.8, 4) is 0 Å². The van der Waals surface area contributed by atoms with Gasteiger partial charge in [0.05, 0.1) is 6.54 Å². The summed E-state index contributed by atoms with van der Waals surface area (Å²) in [6, 6.07) is 0.415. The normalized spacial score (nSPS) is 20.6. The van der Waals surface area contributed by atoms with Crippen molar-refractivity contribution in [3.05, 3.63) is 12.3 Å². The van der Waals surface area contributed by atoms with Gasteiger partial charge in [-0.3, -0.25) is 9.69 Å². The molecular formula is C8H14N2O. The summed E-state index contributed by atoms with van der Waals surface area (Å²) in [5.74, 6) is 0.0509. The van der Waals surface area contributed by atoms with Crippen LogP contribution in [0.15, 0.2) is 12.3 Å². The van der Waals surface area contributed by atoms with E-state index in [-0.39, 0.29) is 5.91 Å². The molecule has 3 nitrogen and oxygen atoms in total. The maximum atomic E-state index is 11.0. The van der Waals surface area contributed by atoms with Crippen LogP contribution < -0.4 is 5.32 Å². The molecule has 1 aliphatic heterocycles. The van der Waals surface area contributed by atoms with E-state index in [4.69, 9.17) is 0 Å². The first-order valence-corrected chi connectivity index (χ1v) is 3.81. The number of hydrogen-bond donors (Lipinski definition) is 1. The van der Waals surface area contributed by atoms with Crippen LogP contribution in [0, 0.1) is 0 Å². The topological polar surface area (TPSA) is 32.3 Å². The highest BCUT2D eigenvalue weighted by molar-refractivity contribution is 5.80. The molecule has 0 aromatic heterocycles. The third kappa shape index (κ3) is 2.05. The van der Waals surface area contributed by atoms with E-state index < -0.39 is 0 Å². The highest BCUT2D eigenvalue weighted by atomic mass is 16.2. The molecule has 1 N–H and O–H groups in total. The van der Waals surface area contributed by atoms with Crippen molar-refractivity contribution >= 4 is 5.91 Å². The SMILES string of the molecule is C=C1CN(C(C)C)CC(=O)N1. The number of piperazine rings is 1. The summed E-state index contributed by atoms with van der Waals surface area (Å²) in [5.41, 5.74) is 0.801. The van der Waals surface area contributed by atoms with Crippen molar-refractivity contribution in [2.75, 3.05) is 13.1 Å². The Morgan fingerprint density at radius 2 is 2.18 bits per heavy atom. The number of nitrogens with one attached hydrogen (secondary N) is 1. The van der Waals surface area contributed by atoms with E-state index in [1.807, 2.05) is 0 Å². The number of rotatable bonds is 1. The van der Waals surface area contributed by atoms with Crippen molar-refractivity contribution in [1.82, 2.24) is 10.2 Å². The lowest BCUT2D eigenvalue weighted by molar-refractivity contribution is -0.123. The Hall–Kier alpha value is -0.830. The largest absolute Gasteiger partial charge is 0.328 e. The number of hydrogen-bond acceptors (Lipinski definition) is 2. The lowest BCUT2D eigenvalue weighted by Crippen LogP contribution is -2.48. The van der Waals surface area contributed by atoms with Gasteiger partial charge in [0, 0.05) is 18.3 Å². The maximum Gasteiger partial charge on any atom is 0.238 e. The smallest absolute Gasteiger partial charge is 0.238 e. The molecule has 0 spiro atoms. The Bertz CT molecular complexity index is 171. The minimum atomic E-state index is 0.0509. The van der Waals surface area contributed by atoms with E-state index >= 15 is 0 Å². The second-order valence-electron chi connectivity index (χ2n) is 3.15. The van der Waals surface area contributed by atoms with Crippen molar-refractivity contribution in [3.63, 3.8) is 0 Å². The molecule has 1 aliphatic rings. The van der Waals surface area contributed by atoms with E-state index in [9.17, 15) is 4.79 Å². The van der Waals surface area contributed by atoms with Gasteiger partial charge >= 0.3 is 0 Å². The van der Waals surface area contributed by atoms with E-state index in [2.05, 4.69) is 30.6 Å². The average Bonchev–Trinajstić information content (AvgIpc) is 1.85. The first kappa shape index (κ1) is 8.27. The van der Waals surface area contributed by atoms with Crippen LogP contribution in [0.5, 0.6) is 0 Å². The third-order valence-electron chi connectivity index (χ3n) is 1.79. The number of amides is 1. The second-order valence-corrected chi connectivity index (χ2v) is 3.15. The molecule has 1 rings (SSSR count). The van der Waals surface area contributed by atoms with E-state index in [1.54, 1.807) is 0 Å². The zero-order valence-corrected chi connectivity index (χ0v) is 7.05. The standard InChI is InChI=1S/C8H14N2O/c1-6(2)10-4-7(3)9-8(11)5-10/h6H,3-5H2,1-2H3,(H,9,11). The molecule has 3 heteroatoms. The highest BCUT2D eigenvalue weighted by Gasteiger charge is 2.20. The lowest BCUT2D eigenvalue weighted by atomic mass is 10.2. The van der Waals surface area contributed by atoms with Crippen LogP contribution in [0.4, 0.5) is 0 Å². The maximum absolute atomic E-state index is 11.0. The minimum Gasteiger partial charge on any atom is -0.328 e. The van der Waals surface area contributed by atoms with E-state index in [1.165, 1.54) is 0 Å². The van der Waals surface area contributed by atoms with Crippen LogP contribution >= 0.6 is 0 Å². The first-order valence-electron chi connectivity index (χ1n) is 3.81. The van der Waals surface area contributed by atoms with Crippen molar-refractivity contribution in [2.24, 2.45) is 0 Å². The molecule has 1 amide bonds. The zero-order chi connectivity index (χ0) is 8.43. The summed E-state index contributed by atoms with van der Waals surface area (Å²) in [7, 11) is 0. The molecule has 0 saturated carbocycles. The molecule has 0 atom stereocenters. The molecule has 0 unspecified atom stereocenters. The molecule has 0 aromatic carbocycles. The molecule has 0 aliphatic carbocycles. The average molecular weight is 154 g/mol. The third-order valence-corrected chi connectivity index (χ3v) is 1.79. The quantitative estimate of drug-likeness (QED) is 0.590. The van der Waals surface area contributed by atoms with Gasteiger partial charge in [0.1, 0.15) is 0 Å². The van der Waals surface area contributed by atoms with Crippen LogP contribution in [-0.4, -0.2) is 29.9 Å². The van der Waals surface area contributed by atoms with Gasteiger partial charge in [-0.15, -0.1) is 0 Å². The minimum absolute atomic E-state index is 0.0509. The fourth-order valence-corrected chi connectivity index (χ4v) is 1.13. The molecule has 62 valence electrons. The number of carbonyl (C=O) groups excluding carboxylic acids is 1. The zero-order valence-electron chi connectivity index (χ0n) is 7.05. The molecule has 1 fully saturated rings. The van der Waals surface area contributed by atoms with Gasteiger partial charge in [-0.2, -0.15) is 0 Å². The predicted molar refractivity (Wildman–Crippen MR) is 44.0 cm³/mol. The van der Waals surface area contributed by atoms with Crippen LogP contribution in [0.3, 0.4) is 0 Å². The van der Waals surface area contributed by atoms with Crippen LogP contribution in [-0.2, 0) is 4.79 Å². The number of nitrogens with zero attached hydrogens (tertiary/aromatic N) is 1. The molecule has 0 aromatic rings. The van der Waals surface area contributed by atoms with E-state index in [0.717, 1.165) is 12.2 Å². The molecule has 1 heterocycles. The first-order chi connectivity index (χ1) is 5.09. The highest BCUT2D eigenvalue weighted by Crippen LogP contribution is 2.04.